The fraction of sp³-hybridized carbons (Fsp3) is 0.136. The third-order valence-corrected chi connectivity index (χ3v) is 4.91. The minimum absolute atomic E-state index is 0.105. The number of nitrogens with zero attached hydrogens (tertiary/aromatic N) is 1. The van der Waals surface area contributed by atoms with Gasteiger partial charge in [-0.3, -0.25) is 14.6 Å². The standard InChI is InChI=1S/C22H16Cl2N2O4/c1-2-8-29-18-6-5-16(13-4-3-7-25-20(13)18)26-22(28)19-11-17(27)14-9-12(23)10-15(24)21(14)30-19/h3-7,9-11H,2,8H2,1H3,(H,26,28). The fourth-order valence-corrected chi connectivity index (χ4v) is 3.60. The molecule has 1 amide bonds. The van der Waals surface area contributed by atoms with E-state index in [1.165, 1.54) is 12.1 Å². The number of fused-ring (bicyclic) bond motifs is 2. The summed E-state index contributed by atoms with van der Waals surface area (Å²) in [4.78, 5) is 29.6. The van der Waals surface area contributed by atoms with Gasteiger partial charge in [0.2, 0.25) is 0 Å². The molecule has 8 heteroatoms. The molecule has 6 nitrogen and oxygen atoms in total. The molecule has 4 rings (SSSR count). The van der Waals surface area contributed by atoms with E-state index in [1.54, 1.807) is 24.4 Å². The third kappa shape index (κ3) is 3.84. The number of aromatic nitrogens is 1. The van der Waals surface area contributed by atoms with Gasteiger partial charge >= 0.3 is 0 Å². The van der Waals surface area contributed by atoms with Gasteiger partial charge in [-0.25, -0.2) is 0 Å². The first kappa shape index (κ1) is 20.2. The summed E-state index contributed by atoms with van der Waals surface area (Å²) in [5.74, 6) is -0.126. The highest BCUT2D eigenvalue weighted by atomic mass is 35.5. The second-order valence-electron chi connectivity index (χ2n) is 6.55. The molecular weight excluding hydrogens is 427 g/mol. The Morgan fingerprint density at radius 2 is 2.00 bits per heavy atom. The van der Waals surface area contributed by atoms with Gasteiger partial charge in [-0.1, -0.05) is 30.1 Å². The minimum atomic E-state index is -0.590. The molecular formula is C22H16Cl2N2O4. The van der Waals surface area contributed by atoms with Gasteiger partial charge in [-0.15, -0.1) is 0 Å². The summed E-state index contributed by atoms with van der Waals surface area (Å²) >= 11 is 12.1. The van der Waals surface area contributed by atoms with Crippen molar-refractivity contribution in [3.63, 3.8) is 0 Å². The smallest absolute Gasteiger partial charge is 0.291 e. The van der Waals surface area contributed by atoms with Gasteiger partial charge in [0.15, 0.2) is 16.8 Å². The molecule has 30 heavy (non-hydrogen) atoms. The summed E-state index contributed by atoms with van der Waals surface area (Å²) in [6.07, 6.45) is 2.52. The molecule has 0 fully saturated rings. The Bertz CT molecular complexity index is 1330. The van der Waals surface area contributed by atoms with E-state index in [4.69, 9.17) is 32.4 Å². The molecule has 0 aliphatic heterocycles. The van der Waals surface area contributed by atoms with Gasteiger partial charge < -0.3 is 14.5 Å². The molecule has 4 aromatic rings. The molecule has 2 heterocycles. The number of hydrogen-bond acceptors (Lipinski definition) is 5. The molecule has 0 aliphatic rings. The summed E-state index contributed by atoms with van der Waals surface area (Å²) in [7, 11) is 0. The molecule has 0 atom stereocenters. The van der Waals surface area contributed by atoms with E-state index in [0.29, 0.717) is 34.0 Å². The van der Waals surface area contributed by atoms with E-state index >= 15 is 0 Å². The monoisotopic (exact) mass is 442 g/mol. The zero-order chi connectivity index (χ0) is 21.3. The lowest BCUT2D eigenvalue weighted by atomic mass is 10.1. The number of carbonyl (C=O) groups is 1. The van der Waals surface area contributed by atoms with Gasteiger partial charge in [0.1, 0.15) is 11.3 Å². The number of pyridine rings is 1. The minimum Gasteiger partial charge on any atom is -0.491 e. The van der Waals surface area contributed by atoms with Crippen LogP contribution < -0.4 is 15.5 Å². The number of nitrogens with one attached hydrogen (secondary N) is 1. The third-order valence-electron chi connectivity index (χ3n) is 4.41. The second-order valence-corrected chi connectivity index (χ2v) is 7.40. The molecule has 0 unspecified atom stereocenters. The van der Waals surface area contributed by atoms with Crippen molar-refractivity contribution in [2.24, 2.45) is 0 Å². The fourth-order valence-electron chi connectivity index (χ4n) is 3.06. The molecule has 0 bridgehead atoms. The van der Waals surface area contributed by atoms with Gasteiger partial charge in [-0.05, 0) is 42.8 Å². The summed E-state index contributed by atoms with van der Waals surface area (Å²) in [6, 6.07) is 11.1. The van der Waals surface area contributed by atoms with Crippen LogP contribution in [0.5, 0.6) is 5.75 Å². The van der Waals surface area contributed by atoms with Crippen LogP contribution in [0.2, 0.25) is 10.0 Å². The highest BCUT2D eigenvalue weighted by Gasteiger charge is 2.17. The van der Waals surface area contributed by atoms with Gasteiger partial charge in [0, 0.05) is 22.7 Å². The number of benzene rings is 2. The van der Waals surface area contributed by atoms with Crippen LogP contribution in [0.15, 0.2) is 57.9 Å². The van der Waals surface area contributed by atoms with Crippen molar-refractivity contribution in [3.8, 4) is 5.75 Å². The van der Waals surface area contributed by atoms with Crippen molar-refractivity contribution < 1.29 is 13.9 Å². The number of carbonyl (C=O) groups excluding carboxylic acids is 1. The maximum atomic E-state index is 12.8. The normalized spacial score (nSPS) is 11.0. The van der Waals surface area contributed by atoms with E-state index in [-0.39, 0.29) is 21.8 Å². The van der Waals surface area contributed by atoms with E-state index in [1.807, 2.05) is 13.0 Å². The molecule has 2 aromatic heterocycles. The van der Waals surface area contributed by atoms with Crippen LogP contribution in [0.4, 0.5) is 5.69 Å². The van der Waals surface area contributed by atoms with Crippen LogP contribution >= 0.6 is 23.2 Å². The van der Waals surface area contributed by atoms with Crippen LogP contribution in [0, 0.1) is 0 Å². The number of halogens is 2. The zero-order valence-electron chi connectivity index (χ0n) is 15.9. The molecule has 152 valence electrons. The van der Waals surface area contributed by atoms with E-state index in [9.17, 15) is 9.59 Å². The van der Waals surface area contributed by atoms with Crippen molar-refractivity contribution in [2.45, 2.75) is 13.3 Å². The molecule has 1 N–H and O–H groups in total. The largest absolute Gasteiger partial charge is 0.491 e. The highest BCUT2D eigenvalue weighted by molar-refractivity contribution is 6.38. The van der Waals surface area contributed by atoms with Crippen LogP contribution in [0.25, 0.3) is 21.9 Å². The maximum Gasteiger partial charge on any atom is 0.291 e. The number of amides is 1. The zero-order valence-corrected chi connectivity index (χ0v) is 17.4. The predicted octanol–water partition coefficient (Wildman–Crippen LogP) is 5.69. The lowest BCUT2D eigenvalue weighted by molar-refractivity contribution is 0.0997. The SMILES string of the molecule is CCCOc1ccc(NC(=O)c2cc(=O)c3cc(Cl)cc(Cl)c3o2)c2cccnc12. The molecule has 0 radical (unpaired) electrons. The molecule has 0 aliphatic carbocycles. The number of hydrogen-bond donors (Lipinski definition) is 1. The van der Waals surface area contributed by atoms with Crippen molar-refractivity contribution >= 4 is 56.7 Å². The Balaban J connectivity index is 1.73. The summed E-state index contributed by atoms with van der Waals surface area (Å²) < 4.78 is 11.3. The Morgan fingerprint density at radius 3 is 2.80 bits per heavy atom. The molecule has 0 saturated carbocycles. The van der Waals surface area contributed by atoms with Gasteiger partial charge in [0.25, 0.3) is 5.91 Å². The maximum absolute atomic E-state index is 12.8. The van der Waals surface area contributed by atoms with E-state index in [2.05, 4.69) is 10.3 Å². The van der Waals surface area contributed by atoms with E-state index < -0.39 is 11.3 Å². The first-order valence-electron chi connectivity index (χ1n) is 9.22. The average molecular weight is 443 g/mol. The molecule has 2 aromatic carbocycles. The van der Waals surface area contributed by atoms with Crippen LogP contribution in [-0.4, -0.2) is 17.5 Å². The van der Waals surface area contributed by atoms with Crippen LogP contribution in [0.1, 0.15) is 23.9 Å². The first-order chi connectivity index (χ1) is 14.5. The quantitative estimate of drug-likeness (QED) is 0.429. The van der Waals surface area contributed by atoms with Gasteiger partial charge in [-0.2, -0.15) is 0 Å². The molecule has 0 saturated heterocycles. The number of anilines is 1. The lowest BCUT2D eigenvalue weighted by Crippen LogP contribution is -2.15. The highest BCUT2D eigenvalue weighted by Crippen LogP contribution is 2.31. The average Bonchev–Trinajstić information content (AvgIpc) is 2.73. The molecule has 0 spiro atoms. The summed E-state index contributed by atoms with van der Waals surface area (Å²) in [5.41, 5.74) is 0.826. The Hall–Kier alpha value is -3.09. The van der Waals surface area contributed by atoms with Crippen molar-refractivity contribution in [1.82, 2.24) is 4.98 Å². The Morgan fingerprint density at radius 1 is 1.17 bits per heavy atom. The van der Waals surface area contributed by atoms with Crippen molar-refractivity contribution in [2.75, 3.05) is 11.9 Å². The van der Waals surface area contributed by atoms with Crippen molar-refractivity contribution in [3.05, 3.63) is 74.7 Å². The summed E-state index contributed by atoms with van der Waals surface area (Å²) in [6.45, 7) is 2.58. The van der Waals surface area contributed by atoms with Crippen molar-refractivity contribution in [1.29, 1.82) is 0 Å². The number of rotatable bonds is 5. The second kappa shape index (κ2) is 8.34. The first-order valence-corrected chi connectivity index (χ1v) is 9.98. The number of ether oxygens (including phenoxy) is 1. The lowest BCUT2D eigenvalue weighted by Gasteiger charge is -2.12. The predicted molar refractivity (Wildman–Crippen MR) is 118 cm³/mol. The van der Waals surface area contributed by atoms with Crippen LogP contribution in [0.3, 0.4) is 0 Å². The van der Waals surface area contributed by atoms with Crippen LogP contribution in [-0.2, 0) is 0 Å². The van der Waals surface area contributed by atoms with E-state index in [0.717, 1.165) is 12.5 Å². The van der Waals surface area contributed by atoms with Gasteiger partial charge in [0.05, 0.1) is 22.7 Å². The topological polar surface area (TPSA) is 81.4 Å². The Kier molecular flexibility index (Phi) is 5.61. The Labute approximate surface area is 181 Å². The summed E-state index contributed by atoms with van der Waals surface area (Å²) in [5, 5.41) is 4.13.